The van der Waals surface area contributed by atoms with Crippen molar-refractivity contribution in [2.45, 2.75) is 13.3 Å². The van der Waals surface area contributed by atoms with Crippen LogP contribution in [0.15, 0.2) is 27.8 Å². The predicted molar refractivity (Wildman–Crippen MR) is 80.5 cm³/mol. The molecule has 0 saturated carbocycles. The van der Waals surface area contributed by atoms with Crippen molar-refractivity contribution in [1.29, 1.82) is 0 Å². The summed E-state index contributed by atoms with van der Waals surface area (Å²) >= 11 is 8.56. The van der Waals surface area contributed by atoms with Crippen LogP contribution in [0.5, 0.6) is 5.75 Å². The number of rotatable bonds is 4. The SMILES string of the molecule is CCc1n[nH]c(=S)n1/N=C/c1cc(Br)ccc1OC. The molecule has 0 saturated heterocycles. The number of benzene rings is 1. The Balaban J connectivity index is 2.40. The van der Waals surface area contributed by atoms with Gasteiger partial charge in [-0.1, -0.05) is 22.9 Å². The van der Waals surface area contributed by atoms with Crippen molar-refractivity contribution >= 4 is 34.4 Å². The Kier molecular flexibility index (Phi) is 4.49. The zero-order valence-electron chi connectivity index (χ0n) is 10.6. The molecule has 0 radical (unpaired) electrons. The Labute approximate surface area is 124 Å². The van der Waals surface area contributed by atoms with Crippen molar-refractivity contribution in [1.82, 2.24) is 14.9 Å². The highest BCUT2D eigenvalue weighted by Gasteiger charge is 2.04. The van der Waals surface area contributed by atoms with Gasteiger partial charge in [0.2, 0.25) is 4.77 Å². The summed E-state index contributed by atoms with van der Waals surface area (Å²) in [4.78, 5) is 0. The Hall–Kier alpha value is -1.47. The van der Waals surface area contributed by atoms with Crippen LogP contribution < -0.4 is 4.74 Å². The van der Waals surface area contributed by atoms with Gasteiger partial charge in [0.25, 0.3) is 0 Å². The van der Waals surface area contributed by atoms with Crippen LogP contribution in [-0.2, 0) is 6.42 Å². The fraction of sp³-hybridized carbons (Fsp3) is 0.250. The quantitative estimate of drug-likeness (QED) is 0.687. The minimum Gasteiger partial charge on any atom is -0.496 e. The Bertz CT molecular complexity index is 662. The molecule has 1 aromatic carbocycles. The summed E-state index contributed by atoms with van der Waals surface area (Å²) in [6, 6.07) is 5.72. The van der Waals surface area contributed by atoms with E-state index in [9.17, 15) is 0 Å². The van der Waals surface area contributed by atoms with E-state index in [1.165, 1.54) is 0 Å². The van der Waals surface area contributed by atoms with Crippen molar-refractivity contribution in [2.24, 2.45) is 5.10 Å². The number of hydrogen-bond acceptors (Lipinski definition) is 4. The standard InChI is InChI=1S/C12H13BrN4OS/c1-3-11-15-16-12(19)17(11)14-7-8-6-9(13)4-5-10(8)18-2/h4-7H,3H2,1-2H3,(H,16,19)/b14-7+. The molecule has 7 heteroatoms. The Morgan fingerprint density at radius 2 is 2.37 bits per heavy atom. The number of aromatic nitrogens is 3. The minimum atomic E-state index is 0.474. The highest BCUT2D eigenvalue weighted by Crippen LogP contribution is 2.21. The van der Waals surface area contributed by atoms with E-state index in [0.29, 0.717) is 4.77 Å². The molecule has 0 aliphatic carbocycles. The molecule has 0 bridgehead atoms. The molecule has 0 fully saturated rings. The second kappa shape index (κ2) is 6.12. The molecule has 2 aromatic rings. The highest BCUT2D eigenvalue weighted by atomic mass is 79.9. The van der Waals surface area contributed by atoms with Crippen LogP contribution >= 0.6 is 28.1 Å². The fourth-order valence-electron chi connectivity index (χ4n) is 1.60. The van der Waals surface area contributed by atoms with Gasteiger partial charge in [-0.2, -0.15) is 14.9 Å². The van der Waals surface area contributed by atoms with Crippen molar-refractivity contribution in [3.8, 4) is 5.75 Å². The number of aryl methyl sites for hydroxylation is 1. The summed E-state index contributed by atoms with van der Waals surface area (Å²) in [6.07, 6.45) is 2.45. The molecule has 0 amide bonds. The van der Waals surface area contributed by atoms with Crippen LogP contribution in [0.25, 0.3) is 0 Å². The van der Waals surface area contributed by atoms with Gasteiger partial charge in [0.05, 0.1) is 13.3 Å². The summed E-state index contributed by atoms with van der Waals surface area (Å²) in [6.45, 7) is 2.00. The van der Waals surface area contributed by atoms with E-state index < -0.39 is 0 Å². The molecule has 0 atom stereocenters. The van der Waals surface area contributed by atoms with Crippen LogP contribution in [0.3, 0.4) is 0 Å². The van der Waals surface area contributed by atoms with Gasteiger partial charge in [-0.05, 0) is 30.4 Å². The summed E-state index contributed by atoms with van der Waals surface area (Å²) in [5.74, 6) is 1.54. The maximum absolute atomic E-state index is 5.29. The molecule has 0 aliphatic rings. The molecule has 1 aromatic heterocycles. The maximum atomic E-state index is 5.29. The first-order valence-electron chi connectivity index (χ1n) is 5.70. The molecule has 0 spiro atoms. The van der Waals surface area contributed by atoms with Gasteiger partial charge < -0.3 is 4.74 Å². The Morgan fingerprint density at radius 1 is 1.58 bits per heavy atom. The minimum absolute atomic E-state index is 0.474. The second-order valence-electron chi connectivity index (χ2n) is 3.74. The lowest BCUT2D eigenvalue weighted by molar-refractivity contribution is 0.414. The summed E-state index contributed by atoms with van der Waals surface area (Å²) in [5, 5.41) is 11.2. The first-order valence-corrected chi connectivity index (χ1v) is 6.90. The average molecular weight is 341 g/mol. The third-order valence-electron chi connectivity index (χ3n) is 2.54. The van der Waals surface area contributed by atoms with E-state index in [1.54, 1.807) is 18.0 Å². The average Bonchev–Trinajstić information content (AvgIpc) is 2.77. The van der Waals surface area contributed by atoms with Gasteiger partial charge in [-0.25, -0.2) is 0 Å². The summed E-state index contributed by atoms with van der Waals surface area (Å²) < 4.78 is 8.33. The Morgan fingerprint density at radius 3 is 3.05 bits per heavy atom. The van der Waals surface area contributed by atoms with Gasteiger partial charge in [0.1, 0.15) is 5.75 Å². The number of H-pyrrole nitrogens is 1. The van der Waals surface area contributed by atoms with Gasteiger partial charge in [0, 0.05) is 16.5 Å². The lowest BCUT2D eigenvalue weighted by atomic mass is 10.2. The van der Waals surface area contributed by atoms with Crippen molar-refractivity contribution < 1.29 is 4.74 Å². The monoisotopic (exact) mass is 340 g/mol. The van der Waals surface area contributed by atoms with Crippen LogP contribution in [0.1, 0.15) is 18.3 Å². The molecule has 5 nitrogen and oxygen atoms in total. The number of nitrogens with one attached hydrogen (secondary N) is 1. The molecule has 100 valence electrons. The lowest BCUT2D eigenvalue weighted by Gasteiger charge is -2.04. The molecular weight excluding hydrogens is 328 g/mol. The topological polar surface area (TPSA) is 55.2 Å². The maximum Gasteiger partial charge on any atom is 0.216 e. The fourth-order valence-corrected chi connectivity index (χ4v) is 2.18. The second-order valence-corrected chi connectivity index (χ2v) is 5.04. The largest absolute Gasteiger partial charge is 0.496 e. The summed E-state index contributed by atoms with van der Waals surface area (Å²) in [5.41, 5.74) is 0.863. The molecule has 2 rings (SSSR count). The van der Waals surface area contributed by atoms with Gasteiger partial charge in [-0.15, -0.1) is 0 Å². The normalized spacial score (nSPS) is 11.1. The molecular formula is C12H13BrN4OS. The molecule has 1 N–H and O–H groups in total. The van der Waals surface area contributed by atoms with E-state index in [2.05, 4.69) is 31.2 Å². The number of aromatic amines is 1. The van der Waals surface area contributed by atoms with Crippen LogP contribution in [0.4, 0.5) is 0 Å². The third kappa shape index (κ3) is 3.10. The van der Waals surface area contributed by atoms with Crippen molar-refractivity contribution in [3.05, 3.63) is 38.8 Å². The number of ether oxygens (including phenoxy) is 1. The van der Waals surface area contributed by atoms with Crippen LogP contribution in [0, 0.1) is 4.77 Å². The number of methoxy groups -OCH3 is 1. The molecule has 19 heavy (non-hydrogen) atoms. The lowest BCUT2D eigenvalue weighted by Crippen LogP contribution is -1.98. The van der Waals surface area contributed by atoms with Crippen LogP contribution in [0.2, 0.25) is 0 Å². The van der Waals surface area contributed by atoms with E-state index in [0.717, 1.165) is 28.0 Å². The van der Waals surface area contributed by atoms with Crippen LogP contribution in [-0.4, -0.2) is 28.2 Å². The summed E-state index contributed by atoms with van der Waals surface area (Å²) in [7, 11) is 1.63. The predicted octanol–water partition coefficient (Wildman–Crippen LogP) is 3.16. The molecule has 1 heterocycles. The number of nitrogens with zero attached hydrogens (tertiary/aromatic N) is 3. The van der Waals surface area contributed by atoms with E-state index in [4.69, 9.17) is 17.0 Å². The number of halogens is 1. The van der Waals surface area contributed by atoms with Gasteiger partial charge >= 0.3 is 0 Å². The van der Waals surface area contributed by atoms with Crippen molar-refractivity contribution in [2.75, 3.05) is 7.11 Å². The first-order chi connectivity index (χ1) is 9.15. The first kappa shape index (κ1) is 14.0. The third-order valence-corrected chi connectivity index (χ3v) is 3.30. The van der Waals surface area contributed by atoms with Gasteiger partial charge in [0.15, 0.2) is 5.82 Å². The number of hydrogen-bond donors (Lipinski definition) is 1. The van der Waals surface area contributed by atoms with Gasteiger partial charge in [-0.3, -0.25) is 5.10 Å². The molecule has 0 aliphatic heterocycles. The van der Waals surface area contributed by atoms with E-state index in [1.807, 2.05) is 25.1 Å². The van der Waals surface area contributed by atoms with E-state index in [-0.39, 0.29) is 0 Å². The van der Waals surface area contributed by atoms with Crippen molar-refractivity contribution in [3.63, 3.8) is 0 Å². The highest BCUT2D eigenvalue weighted by molar-refractivity contribution is 9.10. The zero-order valence-corrected chi connectivity index (χ0v) is 13.0. The smallest absolute Gasteiger partial charge is 0.216 e. The molecule has 0 unspecified atom stereocenters. The van der Waals surface area contributed by atoms with E-state index >= 15 is 0 Å². The zero-order chi connectivity index (χ0) is 13.8.